The van der Waals surface area contributed by atoms with E-state index in [2.05, 4.69) is 10.3 Å². The Kier molecular flexibility index (Phi) is 4.90. The third kappa shape index (κ3) is 3.21. The fourth-order valence-corrected chi connectivity index (χ4v) is 2.77. The summed E-state index contributed by atoms with van der Waals surface area (Å²) >= 11 is 0. The van der Waals surface area contributed by atoms with Crippen LogP contribution in [0.2, 0.25) is 0 Å². The highest BCUT2D eigenvalue weighted by atomic mass is 16.2. The van der Waals surface area contributed by atoms with Crippen molar-refractivity contribution in [1.29, 1.82) is 0 Å². The first-order valence-corrected chi connectivity index (χ1v) is 7.11. The highest BCUT2D eigenvalue weighted by Crippen LogP contribution is 2.37. The molecular formula is C15H22N4O2. The largest absolute Gasteiger partial charge is 0.344 e. The average Bonchev–Trinajstić information content (AvgIpc) is 2.80. The minimum Gasteiger partial charge on any atom is -0.344 e. The van der Waals surface area contributed by atoms with Crippen molar-refractivity contribution >= 4 is 11.8 Å². The van der Waals surface area contributed by atoms with Gasteiger partial charge in [0.1, 0.15) is 0 Å². The number of nitrogens with one attached hydrogen (secondary N) is 1. The Morgan fingerprint density at radius 2 is 2.33 bits per heavy atom. The van der Waals surface area contributed by atoms with Crippen LogP contribution in [0.1, 0.15) is 18.0 Å². The summed E-state index contributed by atoms with van der Waals surface area (Å²) in [4.78, 5) is 32.1. The Morgan fingerprint density at radius 3 is 2.95 bits per heavy atom. The number of rotatable bonds is 5. The number of nitrogens with zero attached hydrogens (tertiary/aromatic N) is 3. The quantitative estimate of drug-likeness (QED) is 0.846. The van der Waals surface area contributed by atoms with Gasteiger partial charge in [-0.1, -0.05) is 6.07 Å². The molecule has 114 valence electrons. The van der Waals surface area contributed by atoms with Crippen molar-refractivity contribution in [3.05, 3.63) is 30.1 Å². The van der Waals surface area contributed by atoms with E-state index in [4.69, 9.17) is 0 Å². The van der Waals surface area contributed by atoms with Gasteiger partial charge in [0.25, 0.3) is 0 Å². The molecule has 1 saturated heterocycles. The van der Waals surface area contributed by atoms with E-state index in [1.54, 1.807) is 36.3 Å². The van der Waals surface area contributed by atoms with Crippen molar-refractivity contribution in [2.45, 2.75) is 12.5 Å². The smallest absolute Gasteiger partial charge is 0.228 e. The summed E-state index contributed by atoms with van der Waals surface area (Å²) in [7, 11) is 5.38. The number of carbonyl (C=O) groups is 2. The molecule has 0 radical (unpaired) electrons. The lowest BCUT2D eigenvalue weighted by atomic mass is 9.93. The van der Waals surface area contributed by atoms with Gasteiger partial charge in [-0.05, 0) is 18.7 Å². The second-order valence-corrected chi connectivity index (χ2v) is 5.41. The molecule has 0 saturated carbocycles. The van der Waals surface area contributed by atoms with E-state index in [0.717, 1.165) is 12.1 Å². The molecular weight excluding hydrogens is 268 g/mol. The van der Waals surface area contributed by atoms with Crippen molar-refractivity contribution in [1.82, 2.24) is 20.1 Å². The molecule has 6 nitrogen and oxygen atoms in total. The van der Waals surface area contributed by atoms with Gasteiger partial charge in [0, 0.05) is 46.0 Å². The summed E-state index contributed by atoms with van der Waals surface area (Å²) < 4.78 is 0. The van der Waals surface area contributed by atoms with Crippen LogP contribution in [-0.4, -0.2) is 60.8 Å². The number of likely N-dealkylation sites (tertiary alicyclic amines) is 1. The lowest BCUT2D eigenvalue weighted by molar-refractivity contribution is -0.135. The SMILES string of the molecule is CNCCN(C)C(=O)C1CC(=O)N(C)C1c1cccnc1. The Balaban J connectivity index is 2.20. The fourth-order valence-electron chi connectivity index (χ4n) is 2.77. The topological polar surface area (TPSA) is 65.5 Å². The van der Waals surface area contributed by atoms with Crippen LogP contribution >= 0.6 is 0 Å². The molecule has 1 aromatic rings. The fraction of sp³-hybridized carbons (Fsp3) is 0.533. The zero-order chi connectivity index (χ0) is 15.4. The summed E-state index contributed by atoms with van der Waals surface area (Å²) in [5.41, 5.74) is 0.909. The van der Waals surface area contributed by atoms with Crippen LogP contribution < -0.4 is 5.32 Å². The van der Waals surface area contributed by atoms with E-state index in [-0.39, 0.29) is 30.2 Å². The van der Waals surface area contributed by atoms with Gasteiger partial charge in [-0.3, -0.25) is 14.6 Å². The minimum atomic E-state index is -0.339. The first kappa shape index (κ1) is 15.4. The van der Waals surface area contributed by atoms with E-state index in [1.165, 1.54) is 0 Å². The first-order valence-electron chi connectivity index (χ1n) is 7.11. The average molecular weight is 290 g/mol. The molecule has 6 heteroatoms. The molecule has 1 aliphatic rings. The molecule has 0 aromatic carbocycles. The van der Waals surface area contributed by atoms with Gasteiger partial charge in [0.2, 0.25) is 11.8 Å². The highest BCUT2D eigenvalue weighted by molar-refractivity contribution is 5.90. The molecule has 1 aliphatic heterocycles. The van der Waals surface area contributed by atoms with E-state index in [0.29, 0.717) is 6.54 Å². The summed E-state index contributed by atoms with van der Waals surface area (Å²) in [6, 6.07) is 3.52. The van der Waals surface area contributed by atoms with Crippen molar-refractivity contribution in [2.24, 2.45) is 5.92 Å². The van der Waals surface area contributed by atoms with Crippen molar-refractivity contribution in [3.63, 3.8) is 0 Å². The molecule has 0 spiro atoms. The standard InChI is InChI=1S/C15H22N4O2/c1-16-7-8-18(2)15(21)12-9-13(20)19(3)14(12)11-5-4-6-17-10-11/h4-6,10,12,14,16H,7-9H2,1-3H3. The van der Waals surface area contributed by atoms with Gasteiger partial charge in [-0.25, -0.2) is 0 Å². The Bertz CT molecular complexity index is 506. The van der Waals surface area contributed by atoms with Crippen LogP contribution in [0.3, 0.4) is 0 Å². The van der Waals surface area contributed by atoms with Gasteiger partial charge in [-0.15, -0.1) is 0 Å². The zero-order valence-electron chi connectivity index (χ0n) is 12.7. The van der Waals surface area contributed by atoms with Gasteiger partial charge in [0.15, 0.2) is 0 Å². The second kappa shape index (κ2) is 6.67. The summed E-state index contributed by atoms with van der Waals surface area (Å²) in [6.07, 6.45) is 3.68. The Morgan fingerprint density at radius 1 is 1.57 bits per heavy atom. The van der Waals surface area contributed by atoms with Crippen LogP contribution in [0, 0.1) is 5.92 Å². The van der Waals surface area contributed by atoms with Crippen LogP contribution in [-0.2, 0) is 9.59 Å². The maximum absolute atomic E-state index is 12.6. The van der Waals surface area contributed by atoms with Gasteiger partial charge in [0.05, 0.1) is 12.0 Å². The number of amides is 2. The van der Waals surface area contributed by atoms with E-state index >= 15 is 0 Å². The minimum absolute atomic E-state index is 0.00391. The highest BCUT2D eigenvalue weighted by Gasteiger charge is 2.43. The van der Waals surface area contributed by atoms with Crippen molar-refractivity contribution in [2.75, 3.05) is 34.2 Å². The Labute approximate surface area is 125 Å². The molecule has 2 unspecified atom stereocenters. The van der Waals surface area contributed by atoms with Crippen LogP contribution in [0.15, 0.2) is 24.5 Å². The predicted molar refractivity (Wildman–Crippen MR) is 79.4 cm³/mol. The molecule has 2 rings (SSSR count). The van der Waals surface area contributed by atoms with Gasteiger partial charge in [-0.2, -0.15) is 0 Å². The first-order chi connectivity index (χ1) is 10.1. The number of hydrogen-bond acceptors (Lipinski definition) is 4. The monoisotopic (exact) mass is 290 g/mol. The molecule has 1 aromatic heterocycles. The van der Waals surface area contributed by atoms with E-state index in [9.17, 15) is 9.59 Å². The van der Waals surface area contributed by atoms with Crippen LogP contribution in [0.25, 0.3) is 0 Å². The lowest BCUT2D eigenvalue weighted by Crippen LogP contribution is -2.39. The van der Waals surface area contributed by atoms with Crippen molar-refractivity contribution < 1.29 is 9.59 Å². The predicted octanol–water partition coefficient (Wildman–Crippen LogP) is 0.279. The van der Waals surface area contributed by atoms with E-state index < -0.39 is 0 Å². The molecule has 2 amide bonds. The summed E-state index contributed by atoms with van der Waals surface area (Å²) in [6.45, 7) is 1.36. The number of likely N-dealkylation sites (N-methyl/N-ethyl adjacent to an activating group) is 2. The molecule has 1 fully saturated rings. The molecule has 2 heterocycles. The second-order valence-electron chi connectivity index (χ2n) is 5.41. The number of pyridine rings is 1. The number of carbonyl (C=O) groups excluding carboxylic acids is 2. The van der Waals surface area contributed by atoms with Crippen LogP contribution in [0.4, 0.5) is 0 Å². The lowest BCUT2D eigenvalue weighted by Gasteiger charge is -2.27. The van der Waals surface area contributed by atoms with Crippen molar-refractivity contribution in [3.8, 4) is 0 Å². The number of hydrogen-bond donors (Lipinski definition) is 1. The van der Waals surface area contributed by atoms with E-state index in [1.807, 2.05) is 19.2 Å². The molecule has 21 heavy (non-hydrogen) atoms. The van der Waals surface area contributed by atoms with Crippen LogP contribution in [0.5, 0.6) is 0 Å². The Hall–Kier alpha value is -1.95. The molecule has 0 aliphatic carbocycles. The van der Waals surface area contributed by atoms with Gasteiger partial charge >= 0.3 is 0 Å². The molecule has 1 N–H and O–H groups in total. The third-order valence-corrected chi connectivity index (χ3v) is 4.00. The maximum atomic E-state index is 12.6. The molecule has 0 bridgehead atoms. The third-order valence-electron chi connectivity index (χ3n) is 4.00. The normalized spacial score (nSPS) is 21.7. The molecule has 2 atom stereocenters. The number of aromatic nitrogens is 1. The summed E-state index contributed by atoms with van der Waals surface area (Å²) in [5.74, 6) is -0.324. The maximum Gasteiger partial charge on any atom is 0.228 e. The zero-order valence-corrected chi connectivity index (χ0v) is 12.7. The van der Waals surface area contributed by atoms with Gasteiger partial charge < -0.3 is 15.1 Å². The summed E-state index contributed by atoms with van der Waals surface area (Å²) in [5, 5.41) is 3.02.